The highest BCUT2D eigenvalue weighted by Crippen LogP contribution is 2.68. The molecule has 5 N–H and O–H groups in total. The topological polar surface area (TPSA) is 101 Å². The Hall–Kier alpha value is -0.200. The van der Waals surface area contributed by atoms with Gasteiger partial charge in [0, 0.05) is 16.7 Å². The normalized spacial score (nSPS) is 63.0. The van der Waals surface area contributed by atoms with E-state index in [0.29, 0.717) is 19.3 Å². The molecule has 25 heavy (non-hydrogen) atoms. The number of aliphatic hydroxyl groups is 5. The summed E-state index contributed by atoms with van der Waals surface area (Å²) in [6, 6.07) is 0. The zero-order valence-electron chi connectivity index (χ0n) is 15.8. The molecular weight excluding hydrogens is 320 g/mol. The Bertz CT molecular complexity index is 574. The fourth-order valence-electron chi connectivity index (χ4n) is 7.79. The number of hydrogen-bond donors (Lipinski definition) is 5. The number of aliphatic hydroxyl groups excluding tert-OH is 3. The van der Waals surface area contributed by atoms with E-state index in [4.69, 9.17) is 0 Å². The summed E-state index contributed by atoms with van der Waals surface area (Å²) in [5.74, 6) is -0.147. The van der Waals surface area contributed by atoms with Gasteiger partial charge in [-0.25, -0.2) is 0 Å². The third-order valence-corrected chi connectivity index (χ3v) is 9.24. The molecule has 5 nitrogen and oxygen atoms in total. The van der Waals surface area contributed by atoms with Gasteiger partial charge >= 0.3 is 0 Å². The SMILES string of the molecule is C[C@H]1[C@@H]2CC[C@H]3[C@@H](O)[C@@]2(C[C@H](O)[C@@]2(O)[C@H]1C[C@H](O)C2(C)C)C[C@@]3(C)O. The predicted octanol–water partition coefficient (Wildman–Crippen LogP) is 1.05. The molecule has 0 aromatic carbocycles. The van der Waals surface area contributed by atoms with E-state index in [2.05, 4.69) is 6.92 Å². The first-order valence-electron chi connectivity index (χ1n) is 9.88. The van der Waals surface area contributed by atoms with Crippen molar-refractivity contribution in [1.29, 1.82) is 0 Å². The van der Waals surface area contributed by atoms with E-state index in [9.17, 15) is 25.5 Å². The van der Waals surface area contributed by atoms with Gasteiger partial charge in [0.25, 0.3) is 0 Å². The summed E-state index contributed by atoms with van der Waals surface area (Å²) in [6.07, 6.45) is 0.606. The predicted molar refractivity (Wildman–Crippen MR) is 92.5 cm³/mol. The highest BCUT2D eigenvalue weighted by Gasteiger charge is 2.72. The first-order valence-corrected chi connectivity index (χ1v) is 9.88. The van der Waals surface area contributed by atoms with E-state index in [-0.39, 0.29) is 23.7 Å². The van der Waals surface area contributed by atoms with Gasteiger partial charge in [0.1, 0.15) is 5.60 Å². The molecule has 0 radical (unpaired) electrons. The van der Waals surface area contributed by atoms with Crippen molar-refractivity contribution in [2.45, 2.75) is 89.3 Å². The molecule has 0 unspecified atom stereocenters. The van der Waals surface area contributed by atoms with Crippen molar-refractivity contribution >= 4 is 0 Å². The zero-order valence-corrected chi connectivity index (χ0v) is 15.8. The van der Waals surface area contributed by atoms with Crippen LogP contribution in [0.25, 0.3) is 0 Å². The molecule has 4 aliphatic carbocycles. The fraction of sp³-hybridized carbons (Fsp3) is 1.00. The molecule has 4 fully saturated rings. The van der Waals surface area contributed by atoms with E-state index in [0.717, 1.165) is 12.8 Å². The van der Waals surface area contributed by atoms with Gasteiger partial charge in [-0.2, -0.15) is 0 Å². The zero-order chi connectivity index (χ0) is 18.6. The van der Waals surface area contributed by atoms with Gasteiger partial charge in [0.2, 0.25) is 0 Å². The summed E-state index contributed by atoms with van der Waals surface area (Å²) in [5.41, 5.74) is -3.65. The van der Waals surface area contributed by atoms with Gasteiger partial charge in [-0.3, -0.25) is 0 Å². The summed E-state index contributed by atoms with van der Waals surface area (Å²) >= 11 is 0. The van der Waals surface area contributed by atoms with Gasteiger partial charge in [0.05, 0.1) is 23.9 Å². The van der Waals surface area contributed by atoms with Gasteiger partial charge < -0.3 is 25.5 Å². The smallest absolute Gasteiger partial charge is 0.101 e. The molecule has 144 valence electrons. The first-order chi connectivity index (χ1) is 11.4. The van der Waals surface area contributed by atoms with Crippen molar-refractivity contribution in [3.63, 3.8) is 0 Å². The highest BCUT2D eigenvalue weighted by molar-refractivity contribution is 5.22. The molecule has 4 saturated carbocycles. The van der Waals surface area contributed by atoms with E-state index in [1.54, 1.807) is 0 Å². The number of hydrogen-bond acceptors (Lipinski definition) is 5. The lowest BCUT2D eigenvalue weighted by molar-refractivity contribution is -0.178. The van der Waals surface area contributed by atoms with Crippen LogP contribution in [0.2, 0.25) is 0 Å². The van der Waals surface area contributed by atoms with Crippen LogP contribution in [0.4, 0.5) is 0 Å². The third kappa shape index (κ3) is 1.92. The van der Waals surface area contributed by atoms with Gasteiger partial charge in [-0.1, -0.05) is 20.8 Å². The van der Waals surface area contributed by atoms with Gasteiger partial charge in [0.15, 0.2) is 0 Å². The molecule has 10 atom stereocenters. The van der Waals surface area contributed by atoms with Crippen LogP contribution in [0.1, 0.15) is 59.8 Å². The van der Waals surface area contributed by atoms with Crippen molar-refractivity contribution in [1.82, 2.24) is 0 Å². The molecule has 0 amide bonds. The van der Waals surface area contributed by atoms with Gasteiger partial charge in [-0.15, -0.1) is 0 Å². The Balaban J connectivity index is 1.83. The molecule has 0 heterocycles. The second kappa shape index (κ2) is 4.99. The summed E-state index contributed by atoms with van der Waals surface area (Å²) in [5, 5.41) is 55.4. The Morgan fingerprint density at radius 2 is 1.44 bits per heavy atom. The van der Waals surface area contributed by atoms with E-state index in [1.807, 2.05) is 20.8 Å². The molecule has 1 spiro atoms. The molecule has 0 aromatic rings. The average molecular weight is 354 g/mol. The third-order valence-electron chi connectivity index (χ3n) is 9.24. The maximum Gasteiger partial charge on any atom is 0.101 e. The second-order valence-corrected chi connectivity index (χ2v) is 10.5. The van der Waals surface area contributed by atoms with Crippen LogP contribution in [0.5, 0.6) is 0 Å². The molecule has 5 heteroatoms. The van der Waals surface area contributed by atoms with Crippen LogP contribution in [0, 0.1) is 34.5 Å². The molecule has 2 bridgehead atoms. The number of fused-ring (bicyclic) bond motifs is 2. The molecule has 0 saturated heterocycles. The number of rotatable bonds is 0. The Labute approximate surface area is 150 Å². The molecule has 4 aliphatic rings. The monoisotopic (exact) mass is 354 g/mol. The quantitative estimate of drug-likeness (QED) is 0.448. The lowest BCUT2D eigenvalue weighted by Crippen LogP contribution is -2.57. The second-order valence-electron chi connectivity index (χ2n) is 10.5. The van der Waals surface area contributed by atoms with Crippen molar-refractivity contribution in [2.75, 3.05) is 0 Å². The molecule has 0 aromatic heterocycles. The van der Waals surface area contributed by atoms with Crippen LogP contribution in [-0.4, -0.2) is 55.0 Å². The van der Waals surface area contributed by atoms with Crippen LogP contribution in [-0.2, 0) is 0 Å². The average Bonchev–Trinajstić information content (AvgIpc) is 2.71. The Kier molecular flexibility index (Phi) is 3.63. The van der Waals surface area contributed by atoms with E-state index < -0.39 is 40.3 Å². The fourth-order valence-corrected chi connectivity index (χ4v) is 7.79. The van der Waals surface area contributed by atoms with Crippen molar-refractivity contribution in [3.05, 3.63) is 0 Å². The summed E-state index contributed by atoms with van der Waals surface area (Å²) in [6.45, 7) is 7.59. The minimum atomic E-state index is -1.37. The Morgan fingerprint density at radius 1 is 0.840 bits per heavy atom. The summed E-state index contributed by atoms with van der Waals surface area (Å²) in [4.78, 5) is 0. The van der Waals surface area contributed by atoms with Crippen molar-refractivity contribution < 1.29 is 25.5 Å². The van der Waals surface area contributed by atoms with Crippen LogP contribution >= 0.6 is 0 Å². The largest absolute Gasteiger partial charge is 0.392 e. The maximum atomic E-state index is 11.7. The summed E-state index contributed by atoms with van der Waals surface area (Å²) in [7, 11) is 0. The lowest BCUT2D eigenvalue weighted by Gasteiger charge is -2.47. The minimum absolute atomic E-state index is 0.0723. The van der Waals surface area contributed by atoms with Crippen LogP contribution in [0.15, 0.2) is 0 Å². The van der Waals surface area contributed by atoms with E-state index in [1.165, 1.54) is 0 Å². The van der Waals surface area contributed by atoms with E-state index >= 15 is 0 Å². The first kappa shape index (κ1) is 18.2. The maximum absolute atomic E-state index is 11.7. The van der Waals surface area contributed by atoms with Gasteiger partial charge in [-0.05, 0) is 56.8 Å². The standard InChI is InChI=1S/C20H34O5/c1-10-11-5-6-12-16(23)19(11,9-18(12,4)24)8-15(22)20(25)13(10)7-14(21)17(20,2)3/h10-16,21-25H,5-9H2,1-4H3/t10-,11-,12-,13-,14-,15-,16+,18+,19-,20-/m0/s1. The van der Waals surface area contributed by atoms with Crippen LogP contribution in [0.3, 0.4) is 0 Å². The Morgan fingerprint density at radius 3 is 2.08 bits per heavy atom. The molecule has 0 aliphatic heterocycles. The minimum Gasteiger partial charge on any atom is -0.392 e. The van der Waals surface area contributed by atoms with Crippen molar-refractivity contribution in [2.24, 2.45) is 34.5 Å². The molecule has 4 rings (SSSR count). The van der Waals surface area contributed by atoms with Crippen molar-refractivity contribution in [3.8, 4) is 0 Å². The molecular formula is C20H34O5. The summed E-state index contributed by atoms with van der Waals surface area (Å²) < 4.78 is 0. The lowest BCUT2D eigenvalue weighted by atomic mass is 9.59. The highest BCUT2D eigenvalue weighted by atomic mass is 16.4. The van der Waals surface area contributed by atoms with Crippen LogP contribution < -0.4 is 0 Å².